The van der Waals surface area contributed by atoms with E-state index >= 15 is 0 Å². The predicted octanol–water partition coefficient (Wildman–Crippen LogP) is 6.35. The molecule has 0 atom stereocenters. The van der Waals surface area contributed by atoms with E-state index < -0.39 is 17.0 Å². The molecule has 2 aromatic rings. The van der Waals surface area contributed by atoms with Gasteiger partial charge in [-0.25, -0.2) is 4.39 Å². The van der Waals surface area contributed by atoms with Crippen LogP contribution in [0.2, 0.25) is 5.02 Å². The van der Waals surface area contributed by atoms with Crippen LogP contribution >= 0.6 is 23.4 Å². The summed E-state index contributed by atoms with van der Waals surface area (Å²) >= 11 is 7.40. The molecule has 4 rings (SSSR count). The van der Waals surface area contributed by atoms with E-state index in [-0.39, 0.29) is 17.0 Å². The van der Waals surface area contributed by atoms with Crippen LogP contribution < -0.4 is 4.90 Å². The first-order chi connectivity index (χ1) is 14.6. The lowest BCUT2D eigenvalue weighted by molar-refractivity contribution is -0.123. The standard InChI is InChI=1S/C24H22ClFN2O2S/c1-14-12-24(2,3)27(4)20-11-18(25)16(9-17(14)20)10-21-22(29)28(23(30)31-21)13-15-7-5-6-8-19(15)26/h5-12H,13H2,1-4H3/b21-10+. The number of thioether (sulfide) groups is 1. The topological polar surface area (TPSA) is 40.6 Å². The number of likely N-dealkylation sites (N-methyl/N-ethyl adjacent to an activating group) is 1. The number of rotatable bonds is 3. The zero-order valence-corrected chi connectivity index (χ0v) is 19.3. The van der Waals surface area contributed by atoms with Gasteiger partial charge in [0.05, 0.1) is 17.0 Å². The van der Waals surface area contributed by atoms with Crippen molar-refractivity contribution in [3.05, 3.63) is 74.9 Å². The van der Waals surface area contributed by atoms with Gasteiger partial charge in [-0.15, -0.1) is 0 Å². The van der Waals surface area contributed by atoms with Gasteiger partial charge in [-0.3, -0.25) is 14.5 Å². The highest BCUT2D eigenvalue weighted by atomic mass is 35.5. The van der Waals surface area contributed by atoms with Crippen molar-refractivity contribution in [2.24, 2.45) is 0 Å². The number of fused-ring (bicyclic) bond motifs is 1. The highest BCUT2D eigenvalue weighted by Crippen LogP contribution is 2.42. The average molecular weight is 457 g/mol. The Morgan fingerprint density at radius 2 is 1.90 bits per heavy atom. The summed E-state index contributed by atoms with van der Waals surface area (Å²) in [5, 5.41) is 0.0724. The lowest BCUT2D eigenvalue weighted by Crippen LogP contribution is -2.42. The molecular formula is C24H22ClFN2O2S. The molecule has 0 N–H and O–H groups in total. The molecule has 0 saturated carbocycles. The second-order valence-electron chi connectivity index (χ2n) is 8.29. The van der Waals surface area contributed by atoms with E-state index in [0.717, 1.165) is 33.5 Å². The number of amides is 2. The van der Waals surface area contributed by atoms with Crippen molar-refractivity contribution in [1.29, 1.82) is 0 Å². The van der Waals surface area contributed by atoms with E-state index in [1.165, 1.54) is 6.07 Å². The van der Waals surface area contributed by atoms with Crippen LogP contribution in [0.4, 0.5) is 14.9 Å². The molecular weight excluding hydrogens is 435 g/mol. The molecule has 1 saturated heterocycles. The largest absolute Gasteiger partial charge is 0.365 e. The second-order valence-corrected chi connectivity index (χ2v) is 9.69. The Bertz CT molecular complexity index is 1170. The molecule has 0 radical (unpaired) electrons. The molecule has 0 aromatic heterocycles. The number of nitrogens with zero attached hydrogens (tertiary/aromatic N) is 2. The van der Waals surface area contributed by atoms with Crippen LogP contribution in [0.1, 0.15) is 37.5 Å². The highest BCUT2D eigenvalue weighted by molar-refractivity contribution is 8.18. The van der Waals surface area contributed by atoms with Gasteiger partial charge in [0.25, 0.3) is 11.1 Å². The maximum atomic E-state index is 14.0. The number of allylic oxidation sites excluding steroid dienone is 1. The Balaban J connectivity index is 1.67. The van der Waals surface area contributed by atoms with Crippen LogP contribution in [0.25, 0.3) is 11.6 Å². The maximum absolute atomic E-state index is 14.0. The minimum atomic E-state index is -0.447. The maximum Gasteiger partial charge on any atom is 0.293 e. The first kappa shape index (κ1) is 21.7. The number of halogens is 2. The summed E-state index contributed by atoms with van der Waals surface area (Å²) in [7, 11) is 2.02. The monoisotopic (exact) mass is 456 g/mol. The number of hydrogen-bond donors (Lipinski definition) is 0. The SMILES string of the molecule is CC1=CC(C)(C)N(C)c2cc(Cl)c(/C=C3/SC(=O)N(Cc4ccccc4F)C3=O)cc21. The van der Waals surface area contributed by atoms with Gasteiger partial charge >= 0.3 is 0 Å². The van der Waals surface area contributed by atoms with E-state index in [9.17, 15) is 14.0 Å². The molecule has 7 heteroatoms. The van der Waals surface area contributed by atoms with Crippen LogP contribution in [0, 0.1) is 5.82 Å². The summed E-state index contributed by atoms with van der Waals surface area (Å²) in [5.41, 5.74) is 3.99. The second kappa shape index (κ2) is 7.84. The lowest BCUT2D eigenvalue weighted by atomic mass is 9.88. The molecule has 0 aliphatic carbocycles. The minimum Gasteiger partial charge on any atom is -0.365 e. The molecule has 0 unspecified atom stereocenters. The van der Waals surface area contributed by atoms with Crippen molar-refractivity contribution in [1.82, 2.24) is 4.90 Å². The van der Waals surface area contributed by atoms with Crippen LogP contribution in [0.3, 0.4) is 0 Å². The zero-order chi connectivity index (χ0) is 22.5. The molecule has 0 spiro atoms. The Morgan fingerprint density at radius 1 is 1.19 bits per heavy atom. The van der Waals surface area contributed by atoms with Gasteiger partial charge in [-0.05, 0) is 67.9 Å². The van der Waals surface area contributed by atoms with Crippen LogP contribution in [-0.2, 0) is 11.3 Å². The Labute approximate surface area is 190 Å². The van der Waals surface area contributed by atoms with Crippen LogP contribution in [-0.4, -0.2) is 28.6 Å². The van der Waals surface area contributed by atoms with Crippen molar-refractivity contribution in [2.75, 3.05) is 11.9 Å². The Morgan fingerprint density at radius 3 is 2.61 bits per heavy atom. The normalized spacial score (nSPS) is 19.2. The van der Waals surface area contributed by atoms with E-state index in [1.807, 2.05) is 26.1 Å². The summed E-state index contributed by atoms with van der Waals surface area (Å²) < 4.78 is 14.0. The molecule has 1 fully saturated rings. The number of carbonyl (C=O) groups excluding carboxylic acids is 2. The van der Waals surface area contributed by atoms with E-state index in [4.69, 9.17) is 11.6 Å². The summed E-state index contributed by atoms with van der Waals surface area (Å²) in [4.78, 5) is 28.8. The van der Waals surface area contributed by atoms with Gasteiger partial charge in [-0.1, -0.05) is 35.9 Å². The third-order valence-corrected chi connectivity index (χ3v) is 7.02. The number of imide groups is 1. The molecule has 2 heterocycles. The van der Waals surface area contributed by atoms with E-state index in [0.29, 0.717) is 16.1 Å². The van der Waals surface area contributed by atoms with E-state index in [2.05, 4.69) is 24.8 Å². The first-order valence-electron chi connectivity index (χ1n) is 9.84. The fourth-order valence-corrected chi connectivity index (χ4v) is 4.91. The smallest absolute Gasteiger partial charge is 0.293 e. The fraction of sp³-hybridized carbons (Fsp3) is 0.250. The van der Waals surface area contributed by atoms with Crippen LogP contribution in [0.5, 0.6) is 0 Å². The fourth-order valence-electron chi connectivity index (χ4n) is 3.87. The molecule has 2 aliphatic rings. The minimum absolute atomic E-state index is 0.103. The molecule has 2 aromatic carbocycles. The van der Waals surface area contributed by atoms with Crippen molar-refractivity contribution >= 4 is 51.8 Å². The summed E-state index contributed by atoms with van der Waals surface area (Å²) in [6, 6.07) is 9.96. The number of carbonyl (C=O) groups is 2. The summed E-state index contributed by atoms with van der Waals surface area (Å²) in [5.74, 6) is -0.893. The summed E-state index contributed by atoms with van der Waals surface area (Å²) in [6.07, 6.45) is 3.83. The van der Waals surface area contributed by atoms with Gasteiger partial charge in [0.2, 0.25) is 0 Å². The van der Waals surface area contributed by atoms with Crippen molar-refractivity contribution in [3.63, 3.8) is 0 Å². The van der Waals surface area contributed by atoms with Gasteiger partial charge in [0, 0.05) is 28.9 Å². The quantitative estimate of drug-likeness (QED) is 0.505. The molecule has 4 nitrogen and oxygen atoms in total. The van der Waals surface area contributed by atoms with Gasteiger partial charge in [0.15, 0.2) is 0 Å². The Kier molecular flexibility index (Phi) is 5.48. The third-order valence-electron chi connectivity index (χ3n) is 5.78. The lowest BCUT2D eigenvalue weighted by Gasteiger charge is -2.40. The van der Waals surface area contributed by atoms with Gasteiger partial charge in [0.1, 0.15) is 5.82 Å². The molecule has 31 heavy (non-hydrogen) atoms. The highest BCUT2D eigenvalue weighted by Gasteiger charge is 2.36. The average Bonchev–Trinajstić information content (AvgIpc) is 2.96. The molecule has 2 amide bonds. The van der Waals surface area contributed by atoms with Crippen molar-refractivity contribution in [3.8, 4) is 0 Å². The summed E-state index contributed by atoms with van der Waals surface area (Å²) in [6.45, 7) is 6.21. The number of hydrogen-bond acceptors (Lipinski definition) is 4. The predicted molar refractivity (Wildman–Crippen MR) is 125 cm³/mol. The van der Waals surface area contributed by atoms with Gasteiger partial charge < -0.3 is 4.90 Å². The Hall–Kier alpha value is -2.57. The number of anilines is 1. The van der Waals surface area contributed by atoms with Crippen LogP contribution in [0.15, 0.2) is 47.4 Å². The molecule has 160 valence electrons. The molecule has 2 aliphatic heterocycles. The van der Waals surface area contributed by atoms with Gasteiger partial charge in [-0.2, -0.15) is 0 Å². The zero-order valence-electron chi connectivity index (χ0n) is 17.7. The first-order valence-corrected chi connectivity index (χ1v) is 11.0. The van der Waals surface area contributed by atoms with E-state index in [1.54, 1.807) is 24.3 Å². The molecule has 0 bridgehead atoms. The number of benzene rings is 2. The third kappa shape index (κ3) is 3.90. The van der Waals surface area contributed by atoms with Crippen molar-refractivity contribution in [2.45, 2.75) is 32.9 Å². The van der Waals surface area contributed by atoms with Crippen molar-refractivity contribution < 1.29 is 14.0 Å².